The van der Waals surface area contributed by atoms with E-state index in [0.717, 1.165) is 21.2 Å². The van der Waals surface area contributed by atoms with Gasteiger partial charge in [-0.3, -0.25) is 10.1 Å². The van der Waals surface area contributed by atoms with Crippen LogP contribution in [0.25, 0.3) is 0 Å². The molecule has 0 fully saturated rings. The lowest BCUT2D eigenvalue weighted by Gasteiger charge is -2.16. The molecule has 0 unspecified atom stereocenters. The Morgan fingerprint density at radius 3 is 2.13 bits per heavy atom. The van der Waals surface area contributed by atoms with Crippen molar-refractivity contribution < 1.29 is 4.79 Å². The summed E-state index contributed by atoms with van der Waals surface area (Å²) in [5, 5.41) is 11.9. The zero-order chi connectivity index (χ0) is 20.8. The highest BCUT2D eigenvalue weighted by atomic mass is 32.2. The van der Waals surface area contributed by atoms with Gasteiger partial charge in [-0.15, -0.1) is 10.2 Å². The minimum atomic E-state index is -0.403. The minimum Gasteiger partial charge on any atom is -0.300 e. The molecule has 4 rings (SSSR count). The average molecular weight is 432 g/mol. The van der Waals surface area contributed by atoms with Crippen molar-refractivity contribution in [2.45, 2.75) is 22.9 Å². The van der Waals surface area contributed by atoms with Gasteiger partial charge in [-0.05, 0) is 29.2 Å². The fraction of sp³-hybridized carbons (Fsp3) is 0.125. The van der Waals surface area contributed by atoms with Gasteiger partial charge in [0.15, 0.2) is 4.34 Å². The monoisotopic (exact) mass is 431 g/mol. The van der Waals surface area contributed by atoms with Gasteiger partial charge in [-0.1, -0.05) is 108 Å². The molecule has 0 radical (unpaired) electrons. The first-order valence-electron chi connectivity index (χ1n) is 9.62. The van der Waals surface area contributed by atoms with E-state index in [9.17, 15) is 4.79 Å². The number of carbonyl (C=O) groups is 1. The number of anilines is 1. The van der Waals surface area contributed by atoms with Crippen LogP contribution in [-0.2, 0) is 10.5 Å². The average Bonchev–Trinajstić information content (AvgIpc) is 3.22. The first-order valence-corrected chi connectivity index (χ1v) is 11.4. The summed E-state index contributed by atoms with van der Waals surface area (Å²) in [4.78, 5) is 13.2. The Hall–Kier alpha value is -2.96. The Labute approximate surface area is 184 Å². The van der Waals surface area contributed by atoms with Crippen LogP contribution in [-0.4, -0.2) is 16.1 Å². The summed E-state index contributed by atoms with van der Waals surface area (Å²) in [5.74, 6) is 0.310. The molecule has 30 heavy (non-hydrogen) atoms. The molecular formula is C24H21N3OS2. The van der Waals surface area contributed by atoms with Crippen molar-refractivity contribution in [3.05, 3.63) is 107 Å². The van der Waals surface area contributed by atoms with Gasteiger partial charge in [0, 0.05) is 5.75 Å². The van der Waals surface area contributed by atoms with Crippen molar-refractivity contribution in [1.29, 1.82) is 0 Å². The van der Waals surface area contributed by atoms with Gasteiger partial charge < -0.3 is 0 Å². The predicted octanol–water partition coefficient (Wildman–Crippen LogP) is 5.91. The molecule has 1 amide bonds. The SMILES string of the molecule is Cc1ccccc1CSc1nnc(NC(=O)C(c2ccccc2)c2ccccc2)s1. The maximum atomic E-state index is 13.2. The van der Waals surface area contributed by atoms with Gasteiger partial charge in [-0.2, -0.15) is 0 Å². The summed E-state index contributed by atoms with van der Waals surface area (Å²) in [6.45, 7) is 2.11. The molecule has 4 nitrogen and oxygen atoms in total. The summed E-state index contributed by atoms with van der Waals surface area (Å²) in [7, 11) is 0. The highest BCUT2D eigenvalue weighted by Gasteiger charge is 2.23. The molecule has 0 aliphatic rings. The molecule has 0 saturated heterocycles. The number of hydrogen-bond acceptors (Lipinski definition) is 5. The van der Waals surface area contributed by atoms with E-state index in [2.05, 4.69) is 34.6 Å². The third-order valence-corrected chi connectivity index (χ3v) is 6.80. The first-order chi connectivity index (χ1) is 14.7. The number of amides is 1. The second-order valence-corrected chi connectivity index (χ2v) is 9.03. The summed E-state index contributed by atoms with van der Waals surface area (Å²) in [5.41, 5.74) is 4.42. The van der Waals surface area contributed by atoms with E-state index in [1.807, 2.05) is 72.8 Å². The first kappa shape index (κ1) is 20.3. The van der Waals surface area contributed by atoms with Crippen molar-refractivity contribution in [3.63, 3.8) is 0 Å². The number of aromatic nitrogens is 2. The predicted molar refractivity (Wildman–Crippen MR) is 124 cm³/mol. The number of aryl methyl sites for hydroxylation is 1. The Kier molecular flexibility index (Phi) is 6.57. The van der Waals surface area contributed by atoms with Gasteiger partial charge in [-0.25, -0.2) is 0 Å². The Balaban J connectivity index is 1.47. The summed E-state index contributed by atoms with van der Waals surface area (Å²) in [6, 6.07) is 27.9. The maximum absolute atomic E-state index is 13.2. The van der Waals surface area contributed by atoms with Gasteiger partial charge in [0.25, 0.3) is 0 Å². The van der Waals surface area contributed by atoms with Gasteiger partial charge in [0.05, 0.1) is 5.92 Å². The van der Waals surface area contributed by atoms with Crippen LogP contribution in [0, 0.1) is 6.92 Å². The zero-order valence-corrected chi connectivity index (χ0v) is 18.1. The summed E-state index contributed by atoms with van der Waals surface area (Å²) < 4.78 is 0.838. The molecule has 6 heteroatoms. The highest BCUT2D eigenvalue weighted by Crippen LogP contribution is 2.31. The van der Waals surface area contributed by atoms with Crippen LogP contribution in [0.15, 0.2) is 89.3 Å². The third-order valence-electron chi connectivity index (χ3n) is 4.78. The van der Waals surface area contributed by atoms with Crippen molar-refractivity contribution in [3.8, 4) is 0 Å². The molecule has 1 aromatic heterocycles. The Morgan fingerprint density at radius 2 is 1.50 bits per heavy atom. The minimum absolute atomic E-state index is 0.112. The van der Waals surface area contributed by atoms with Crippen molar-refractivity contribution >= 4 is 34.1 Å². The quantitative estimate of drug-likeness (QED) is 0.292. The highest BCUT2D eigenvalue weighted by molar-refractivity contribution is 8.00. The molecule has 4 aromatic rings. The van der Waals surface area contributed by atoms with Crippen LogP contribution in [0.1, 0.15) is 28.2 Å². The van der Waals surface area contributed by atoms with E-state index in [1.165, 1.54) is 22.5 Å². The van der Waals surface area contributed by atoms with Crippen LogP contribution < -0.4 is 5.32 Å². The molecule has 0 aliphatic carbocycles. The molecular weight excluding hydrogens is 410 g/mol. The summed E-state index contributed by atoms with van der Waals surface area (Å²) in [6.07, 6.45) is 0. The van der Waals surface area contributed by atoms with Crippen molar-refractivity contribution in [2.24, 2.45) is 0 Å². The number of nitrogens with one attached hydrogen (secondary N) is 1. The summed E-state index contributed by atoms with van der Waals surface area (Å²) >= 11 is 3.03. The zero-order valence-electron chi connectivity index (χ0n) is 16.5. The molecule has 0 atom stereocenters. The molecule has 3 aromatic carbocycles. The molecule has 0 spiro atoms. The van der Waals surface area contributed by atoms with Crippen LogP contribution in [0.4, 0.5) is 5.13 Å². The largest absolute Gasteiger partial charge is 0.300 e. The lowest BCUT2D eigenvalue weighted by molar-refractivity contribution is -0.116. The van der Waals surface area contributed by atoms with E-state index in [-0.39, 0.29) is 5.91 Å². The van der Waals surface area contributed by atoms with Crippen LogP contribution in [0.5, 0.6) is 0 Å². The van der Waals surface area contributed by atoms with Gasteiger partial charge in [0.1, 0.15) is 0 Å². The van der Waals surface area contributed by atoms with E-state index < -0.39 is 5.92 Å². The van der Waals surface area contributed by atoms with Crippen LogP contribution in [0.3, 0.4) is 0 Å². The maximum Gasteiger partial charge on any atom is 0.238 e. The molecule has 1 N–H and O–H groups in total. The number of thioether (sulfide) groups is 1. The normalized spacial score (nSPS) is 10.9. The van der Waals surface area contributed by atoms with Crippen LogP contribution >= 0.6 is 23.1 Å². The van der Waals surface area contributed by atoms with Crippen LogP contribution in [0.2, 0.25) is 0 Å². The number of hydrogen-bond donors (Lipinski definition) is 1. The van der Waals surface area contributed by atoms with Crippen molar-refractivity contribution in [2.75, 3.05) is 5.32 Å². The van der Waals surface area contributed by atoms with E-state index in [4.69, 9.17) is 0 Å². The molecule has 0 saturated carbocycles. The van der Waals surface area contributed by atoms with E-state index in [0.29, 0.717) is 5.13 Å². The van der Waals surface area contributed by atoms with E-state index >= 15 is 0 Å². The number of benzene rings is 3. The van der Waals surface area contributed by atoms with E-state index in [1.54, 1.807) is 11.8 Å². The van der Waals surface area contributed by atoms with Gasteiger partial charge >= 0.3 is 0 Å². The molecule has 150 valence electrons. The lowest BCUT2D eigenvalue weighted by atomic mass is 9.90. The van der Waals surface area contributed by atoms with Crippen molar-refractivity contribution in [1.82, 2.24) is 10.2 Å². The number of carbonyl (C=O) groups excluding carboxylic acids is 1. The number of nitrogens with zero attached hydrogens (tertiary/aromatic N) is 2. The second-order valence-electron chi connectivity index (χ2n) is 6.83. The number of rotatable bonds is 7. The fourth-order valence-electron chi connectivity index (χ4n) is 3.19. The molecule has 0 aliphatic heterocycles. The second kappa shape index (κ2) is 9.69. The molecule has 1 heterocycles. The molecule has 0 bridgehead atoms. The topological polar surface area (TPSA) is 54.9 Å². The smallest absolute Gasteiger partial charge is 0.238 e. The Bertz CT molecular complexity index is 1070. The lowest BCUT2D eigenvalue weighted by Crippen LogP contribution is -2.22. The van der Waals surface area contributed by atoms with Gasteiger partial charge in [0.2, 0.25) is 11.0 Å². The Morgan fingerprint density at radius 1 is 0.900 bits per heavy atom. The standard InChI is InChI=1S/C24H21N3OS2/c1-17-10-8-9-15-20(17)16-29-24-27-26-23(30-24)25-22(28)21(18-11-4-2-5-12-18)19-13-6-3-7-14-19/h2-15,21H,16H2,1H3,(H,25,26,28). The fourth-order valence-corrected chi connectivity index (χ4v) is 5.02. The third kappa shape index (κ3) is 4.96.